The van der Waals surface area contributed by atoms with Crippen LogP contribution >= 0.6 is 11.8 Å². The Morgan fingerprint density at radius 2 is 1.78 bits per heavy atom. The first-order valence-electron chi connectivity index (χ1n) is 8.37. The predicted molar refractivity (Wildman–Crippen MR) is 104 cm³/mol. The van der Waals surface area contributed by atoms with Crippen molar-refractivity contribution >= 4 is 29.1 Å². The summed E-state index contributed by atoms with van der Waals surface area (Å²) in [4.78, 5) is 24.4. The standard InChI is InChI=1S/C21H15N3O2S/c22-10-15-17(12-6-2-1-3-7-12)18-19(24-21(15)27-11-16(23)25)13-8-4-5-9-14(13)20(18)26/h1-9,17,24H,11H2,(H2,23,25)/t17-/m1/s1. The first kappa shape index (κ1) is 17.1. The monoisotopic (exact) mass is 373 g/mol. The van der Waals surface area contributed by atoms with E-state index in [1.54, 1.807) is 6.07 Å². The lowest BCUT2D eigenvalue weighted by molar-refractivity contribution is -0.115. The molecule has 1 heterocycles. The van der Waals surface area contributed by atoms with Gasteiger partial charge in [0.2, 0.25) is 5.91 Å². The molecule has 0 saturated heterocycles. The van der Waals surface area contributed by atoms with Crippen LogP contribution in [0.2, 0.25) is 0 Å². The number of benzene rings is 2. The Morgan fingerprint density at radius 1 is 1.11 bits per heavy atom. The van der Waals surface area contributed by atoms with Crippen LogP contribution in [-0.4, -0.2) is 17.4 Å². The highest BCUT2D eigenvalue weighted by molar-refractivity contribution is 8.03. The van der Waals surface area contributed by atoms with E-state index < -0.39 is 11.8 Å². The molecule has 4 rings (SSSR count). The number of nitriles is 1. The van der Waals surface area contributed by atoms with Gasteiger partial charge in [-0.2, -0.15) is 5.26 Å². The van der Waals surface area contributed by atoms with Gasteiger partial charge in [-0.15, -0.1) is 0 Å². The third-order valence-corrected chi connectivity index (χ3v) is 5.67. The minimum atomic E-state index is -0.484. The van der Waals surface area contributed by atoms with Crippen molar-refractivity contribution in [1.82, 2.24) is 5.32 Å². The fraction of sp³-hybridized carbons (Fsp3) is 0.0952. The van der Waals surface area contributed by atoms with Crippen molar-refractivity contribution in [2.24, 2.45) is 5.73 Å². The average Bonchev–Trinajstić information content (AvgIpc) is 2.98. The average molecular weight is 373 g/mol. The Hall–Kier alpha value is -3.30. The lowest BCUT2D eigenvalue weighted by atomic mass is 9.82. The van der Waals surface area contributed by atoms with E-state index in [1.807, 2.05) is 48.5 Å². The van der Waals surface area contributed by atoms with Crippen molar-refractivity contribution in [3.05, 3.63) is 87.5 Å². The van der Waals surface area contributed by atoms with Crippen LogP contribution in [0.5, 0.6) is 0 Å². The van der Waals surface area contributed by atoms with Gasteiger partial charge in [-0.25, -0.2) is 0 Å². The summed E-state index contributed by atoms with van der Waals surface area (Å²) in [7, 11) is 0. The van der Waals surface area contributed by atoms with Gasteiger partial charge < -0.3 is 11.1 Å². The van der Waals surface area contributed by atoms with Crippen LogP contribution in [-0.2, 0) is 4.79 Å². The molecule has 2 aliphatic rings. The molecule has 132 valence electrons. The summed E-state index contributed by atoms with van der Waals surface area (Å²) in [6.45, 7) is 0. The summed E-state index contributed by atoms with van der Waals surface area (Å²) in [5.41, 5.74) is 9.28. The van der Waals surface area contributed by atoms with Gasteiger partial charge in [0.05, 0.1) is 34.0 Å². The molecular weight excluding hydrogens is 358 g/mol. The second-order valence-electron chi connectivity index (χ2n) is 6.24. The fourth-order valence-electron chi connectivity index (χ4n) is 3.52. The minimum absolute atomic E-state index is 0.0488. The number of amides is 1. The number of carbonyl (C=O) groups excluding carboxylic acids is 2. The van der Waals surface area contributed by atoms with Crippen LogP contribution in [0.1, 0.15) is 27.4 Å². The molecule has 1 aliphatic heterocycles. The van der Waals surface area contributed by atoms with Crippen LogP contribution in [0, 0.1) is 11.3 Å². The lowest BCUT2D eigenvalue weighted by Crippen LogP contribution is -2.25. The number of fused-ring (bicyclic) bond motifs is 2. The highest BCUT2D eigenvalue weighted by Crippen LogP contribution is 2.47. The number of rotatable bonds is 4. The van der Waals surface area contributed by atoms with E-state index >= 15 is 0 Å². The molecule has 0 fully saturated rings. The Bertz CT molecular complexity index is 1060. The first-order chi connectivity index (χ1) is 13.1. The van der Waals surface area contributed by atoms with Crippen LogP contribution in [0.3, 0.4) is 0 Å². The Kier molecular flexibility index (Phi) is 4.30. The second kappa shape index (κ2) is 6.78. The Labute approximate surface area is 160 Å². The maximum Gasteiger partial charge on any atom is 0.227 e. The van der Waals surface area contributed by atoms with Crippen LogP contribution in [0.15, 0.2) is 70.8 Å². The third kappa shape index (κ3) is 2.82. The quantitative estimate of drug-likeness (QED) is 0.859. The molecule has 1 atom stereocenters. The molecule has 5 nitrogen and oxygen atoms in total. The van der Waals surface area contributed by atoms with E-state index in [-0.39, 0.29) is 11.5 Å². The van der Waals surface area contributed by atoms with Gasteiger partial charge in [-0.05, 0) is 5.56 Å². The Balaban J connectivity index is 1.90. The summed E-state index contributed by atoms with van der Waals surface area (Å²) in [5.74, 6) is -0.977. The number of nitrogens with one attached hydrogen (secondary N) is 1. The summed E-state index contributed by atoms with van der Waals surface area (Å²) < 4.78 is 0. The number of primary amides is 1. The Morgan fingerprint density at radius 3 is 2.44 bits per heavy atom. The summed E-state index contributed by atoms with van der Waals surface area (Å²) in [5, 5.41) is 13.7. The van der Waals surface area contributed by atoms with Crippen molar-refractivity contribution in [3.63, 3.8) is 0 Å². The van der Waals surface area contributed by atoms with Crippen molar-refractivity contribution < 1.29 is 9.59 Å². The van der Waals surface area contributed by atoms with Crippen LogP contribution in [0.4, 0.5) is 0 Å². The number of hydrogen-bond donors (Lipinski definition) is 2. The molecule has 0 aromatic heterocycles. The second-order valence-corrected chi connectivity index (χ2v) is 7.23. The van der Waals surface area contributed by atoms with E-state index in [0.717, 1.165) is 11.1 Å². The number of carbonyl (C=O) groups is 2. The zero-order chi connectivity index (χ0) is 19.0. The zero-order valence-electron chi connectivity index (χ0n) is 14.2. The topological polar surface area (TPSA) is 96.0 Å². The van der Waals surface area contributed by atoms with Crippen LogP contribution in [0.25, 0.3) is 5.70 Å². The van der Waals surface area contributed by atoms with Crippen molar-refractivity contribution in [3.8, 4) is 6.07 Å². The van der Waals surface area contributed by atoms with Crippen molar-refractivity contribution in [2.45, 2.75) is 5.92 Å². The maximum absolute atomic E-state index is 13.1. The van der Waals surface area contributed by atoms with Crippen LogP contribution < -0.4 is 11.1 Å². The molecular formula is C21H15N3O2S. The highest BCUT2D eigenvalue weighted by atomic mass is 32.2. The molecule has 1 amide bonds. The molecule has 3 N–H and O–H groups in total. The van der Waals surface area contributed by atoms with Gasteiger partial charge in [0, 0.05) is 16.7 Å². The number of nitrogens with zero attached hydrogens (tertiary/aromatic N) is 1. The van der Waals surface area contributed by atoms with Gasteiger partial charge in [0.1, 0.15) is 0 Å². The fourth-order valence-corrected chi connectivity index (χ4v) is 4.30. The molecule has 0 spiro atoms. The van der Waals surface area contributed by atoms with E-state index in [4.69, 9.17) is 5.73 Å². The van der Waals surface area contributed by atoms with Gasteiger partial charge in [-0.1, -0.05) is 66.4 Å². The SMILES string of the molecule is N#CC1=C(SCC(N)=O)NC2=C(C(=O)c3ccccc32)[C@@H]1c1ccccc1. The predicted octanol–water partition coefficient (Wildman–Crippen LogP) is 2.93. The molecule has 2 aromatic carbocycles. The van der Waals surface area contributed by atoms with E-state index in [9.17, 15) is 14.9 Å². The van der Waals surface area contributed by atoms with Gasteiger partial charge in [0.15, 0.2) is 5.78 Å². The van der Waals surface area contributed by atoms with Crippen molar-refractivity contribution in [1.29, 1.82) is 5.26 Å². The molecule has 0 saturated carbocycles. The van der Waals surface area contributed by atoms with E-state index in [1.165, 1.54) is 11.8 Å². The number of hydrogen-bond acceptors (Lipinski definition) is 5. The van der Waals surface area contributed by atoms with Gasteiger partial charge in [0.25, 0.3) is 0 Å². The highest BCUT2D eigenvalue weighted by Gasteiger charge is 2.41. The number of allylic oxidation sites excluding steroid dienone is 2. The number of dihydropyridines is 1. The molecule has 0 unspecified atom stereocenters. The minimum Gasteiger partial charge on any atom is -0.369 e. The summed E-state index contributed by atoms with van der Waals surface area (Å²) in [6, 6.07) is 19.1. The summed E-state index contributed by atoms with van der Waals surface area (Å²) >= 11 is 1.19. The number of thioether (sulfide) groups is 1. The maximum atomic E-state index is 13.1. The molecule has 27 heavy (non-hydrogen) atoms. The van der Waals surface area contributed by atoms with E-state index in [0.29, 0.717) is 27.4 Å². The third-order valence-electron chi connectivity index (χ3n) is 4.63. The van der Waals surface area contributed by atoms with Crippen molar-refractivity contribution in [2.75, 3.05) is 5.75 Å². The van der Waals surface area contributed by atoms with E-state index in [2.05, 4.69) is 11.4 Å². The zero-order valence-corrected chi connectivity index (χ0v) is 15.0. The number of nitrogens with two attached hydrogens (primary N) is 1. The number of Topliss-reactive ketones (excluding diaryl/α,β-unsaturated/α-hetero) is 1. The number of ketones is 1. The molecule has 1 aliphatic carbocycles. The lowest BCUT2D eigenvalue weighted by Gasteiger charge is -2.27. The largest absolute Gasteiger partial charge is 0.369 e. The first-order valence-corrected chi connectivity index (χ1v) is 9.36. The molecule has 2 aromatic rings. The molecule has 0 radical (unpaired) electrons. The molecule has 6 heteroatoms. The normalized spacial score (nSPS) is 17.9. The smallest absolute Gasteiger partial charge is 0.227 e. The van der Waals surface area contributed by atoms with Gasteiger partial charge in [-0.3, -0.25) is 9.59 Å². The molecule has 0 bridgehead atoms. The summed E-state index contributed by atoms with van der Waals surface area (Å²) in [6.07, 6.45) is 0. The van der Waals surface area contributed by atoms with Gasteiger partial charge >= 0.3 is 0 Å².